The first-order valence-electron chi connectivity index (χ1n) is 9.14. The van der Waals surface area contributed by atoms with Gasteiger partial charge in [-0.25, -0.2) is 9.18 Å². The van der Waals surface area contributed by atoms with Crippen molar-refractivity contribution in [1.82, 2.24) is 9.55 Å². The first-order chi connectivity index (χ1) is 14.0. The Kier molecular flexibility index (Phi) is 6.46. The molecule has 0 saturated heterocycles. The van der Waals surface area contributed by atoms with Gasteiger partial charge in [0.15, 0.2) is 0 Å². The van der Waals surface area contributed by atoms with Gasteiger partial charge in [-0.05, 0) is 23.3 Å². The van der Waals surface area contributed by atoms with Crippen molar-refractivity contribution in [3.05, 3.63) is 92.4 Å². The van der Waals surface area contributed by atoms with E-state index in [1.165, 1.54) is 16.7 Å². The Morgan fingerprint density at radius 2 is 1.76 bits per heavy atom. The average molecular weight is 398 g/mol. The molecule has 0 unspecified atom stereocenters. The molecule has 0 saturated carbocycles. The van der Waals surface area contributed by atoms with Gasteiger partial charge in [0.25, 0.3) is 5.56 Å². The van der Waals surface area contributed by atoms with Crippen molar-refractivity contribution >= 4 is 11.5 Å². The molecule has 7 nitrogen and oxygen atoms in total. The van der Waals surface area contributed by atoms with Crippen LogP contribution in [0.1, 0.15) is 11.1 Å². The molecular weight excluding hydrogens is 375 g/mol. The molecule has 1 aromatic heterocycles. The molecule has 0 aliphatic rings. The largest absolute Gasteiger partial charge is 0.383 e. The summed E-state index contributed by atoms with van der Waals surface area (Å²) in [4.78, 5) is 29.1. The van der Waals surface area contributed by atoms with E-state index in [1.54, 1.807) is 24.1 Å². The minimum Gasteiger partial charge on any atom is -0.383 e. The molecule has 0 fully saturated rings. The Morgan fingerprint density at radius 1 is 1.07 bits per heavy atom. The molecule has 3 rings (SSSR count). The second-order valence-electron chi connectivity index (χ2n) is 6.61. The molecule has 2 aromatic carbocycles. The molecule has 0 aliphatic heterocycles. The molecule has 0 amide bonds. The number of nitrogens with one attached hydrogen (secondary N) is 1. The Balaban J connectivity index is 2.02. The van der Waals surface area contributed by atoms with Crippen LogP contribution >= 0.6 is 0 Å². The number of H-pyrrole nitrogens is 1. The number of rotatable bonds is 8. The van der Waals surface area contributed by atoms with Crippen molar-refractivity contribution in [3.63, 3.8) is 0 Å². The summed E-state index contributed by atoms with van der Waals surface area (Å²) in [7, 11) is 1.56. The molecule has 0 spiro atoms. The number of benzene rings is 2. The minimum absolute atomic E-state index is 0.0702. The average Bonchev–Trinajstić information content (AvgIpc) is 2.71. The molecule has 0 bridgehead atoms. The third-order valence-electron chi connectivity index (χ3n) is 4.57. The fourth-order valence-corrected chi connectivity index (χ4v) is 3.09. The molecule has 3 aromatic rings. The lowest BCUT2D eigenvalue weighted by Crippen LogP contribution is -2.39. The van der Waals surface area contributed by atoms with E-state index in [0.29, 0.717) is 19.7 Å². The molecule has 3 N–H and O–H groups in total. The molecular formula is C21H23FN4O3. The highest BCUT2D eigenvalue weighted by Crippen LogP contribution is 2.20. The SMILES string of the molecule is COCCN(Cc1ccc(F)cc1)c1c(N)n(Cc2ccccc2)c(=O)[nH]c1=O. The molecule has 0 atom stereocenters. The number of halogens is 1. The number of ether oxygens (including phenoxy) is 1. The highest BCUT2D eigenvalue weighted by Gasteiger charge is 2.19. The summed E-state index contributed by atoms with van der Waals surface area (Å²) in [5.74, 6) is -0.271. The minimum atomic E-state index is -0.575. The predicted molar refractivity (Wildman–Crippen MR) is 111 cm³/mol. The van der Waals surface area contributed by atoms with Gasteiger partial charge in [0.2, 0.25) is 0 Å². The lowest BCUT2D eigenvalue weighted by molar-refractivity contribution is 0.205. The maximum absolute atomic E-state index is 13.2. The third kappa shape index (κ3) is 4.91. The number of nitrogens with zero attached hydrogens (tertiary/aromatic N) is 2. The monoisotopic (exact) mass is 398 g/mol. The molecule has 8 heteroatoms. The van der Waals surface area contributed by atoms with Gasteiger partial charge in [0.1, 0.15) is 17.3 Å². The van der Waals surface area contributed by atoms with E-state index in [4.69, 9.17) is 10.5 Å². The summed E-state index contributed by atoms with van der Waals surface area (Å²) >= 11 is 0. The second-order valence-corrected chi connectivity index (χ2v) is 6.61. The lowest BCUT2D eigenvalue weighted by atomic mass is 10.2. The van der Waals surface area contributed by atoms with Crippen molar-refractivity contribution in [1.29, 1.82) is 0 Å². The van der Waals surface area contributed by atoms with E-state index in [0.717, 1.165) is 11.1 Å². The van der Waals surface area contributed by atoms with Gasteiger partial charge in [-0.3, -0.25) is 14.3 Å². The van der Waals surface area contributed by atoms with Crippen LogP contribution in [0.25, 0.3) is 0 Å². The number of nitrogen functional groups attached to an aromatic ring is 1. The van der Waals surface area contributed by atoms with E-state index >= 15 is 0 Å². The highest BCUT2D eigenvalue weighted by molar-refractivity contribution is 5.62. The van der Waals surface area contributed by atoms with Crippen LogP contribution in [0, 0.1) is 5.82 Å². The number of nitrogens with two attached hydrogens (primary N) is 1. The number of methoxy groups -OCH3 is 1. The molecule has 0 aliphatic carbocycles. The number of anilines is 2. The van der Waals surface area contributed by atoms with Crippen LogP contribution in [0.4, 0.5) is 15.9 Å². The summed E-state index contributed by atoms with van der Waals surface area (Å²) in [6.45, 7) is 1.24. The Labute approximate surface area is 167 Å². The van der Waals surface area contributed by atoms with Crippen molar-refractivity contribution in [2.75, 3.05) is 30.9 Å². The van der Waals surface area contributed by atoms with Gasteiger partial charge < -0.3 is 15.4 Å². The van der Waals surface area contributed by atoms with Crippen LogP contribution < -0.4 is 21.9 Å². The van der Waals surface area contributed by atoms with Gasteiger partial charge >= 0.3 is 5.69 Å². The van der Waals surface area contributed by atoms with Crippen LogP contribution in [0.5, 0.6) is 0 Å². The Morgan fingerprint density at radius 3 is 2.41 bits per heavy atom. The van der Waals surface area contributed by atoms with Gasteiger partial charge in [0, 0.05) is 20.2 Å². The normalized spacial score (nSPS) is 10.8. The van der Waals surface area contributed by atoms with Gasteiger partial charge in [-0.2, -0.15) is 0 Å². The second kappa shape index (κ2) is 9.20. The maximum atomic E-state index is 13.2. The quantitative estimate of drug-likeness (QED) is 0.605. The zero-order chi connectivity index (χ0) is 20.8. The van der Waals surface area contributed by atoms with Crippen LogP contribution in [-0.2, 0) is 17.8 Å². The van der Waals surface area contributed by atoms with Crippen molar-refractivity contribution in [2.45, 2.75) is 13.1 Å². The van der Waals surface area contributed by atoms with Crippen LogP contribution in [-0.4, -0.2) is 29.8 Å². The van der Waals surface area contributed by atoms with Crippen LogP contribution in [0.2, 0.25) is 0 Å². The fraction of sp³-hybridized carbons (Fsp3) is 0.238. The van der Waals surface area contributed by atoms with E-state index in [-0.39, 0.29) is 23.9 Å². The number of aromatic amines is 1. The zero-order valence-corrected chi connectivity index (χ0v) is 16.1. The summed E-state index contributed by atoms with van der Waals surface area (Å²) in [5.41, 5.74) is 6.99. The Hall–Kier alpha value is -3.39. The fourth-order valence-electron chi connectivity index (χ4n) is 3.09. The molecule has 1 heterocycles. The summed E-state index contributed by atoms with van der Waals surface area (Å²) in [6.07, 6.45) is 0. The van der Waals surface area contributed by atoms with Crippen molar-refractivity contribution in [2.24, 2.45) is 0 Å². The first kappa shape index (κ1) is 20.3. The maximum Gasteiger partial charge on any atom is 0.330 e. The smallest absolute Gasteiger partial charge is 0.330 e. The van der Waals surface area contributed by atoms with E-state index in [1.807, 2.05) is 30.3 Å². The zero-order valence-electron chi connectivity index (χ0n) is 16.1. The first-order valence-corrected chi connectivity index (χ1v) is 9.14. The molecule has 0 radical (unpaired) electrons. The van der Waals surface area contributed by atoms with Crippen LogP contribution in [0.15, 0.2) is 64.2 Å². The standard InChI is InChI=1S/C21H23FN4O3/c1-29-12-11-25(13-16-7-9-17(22)10-8-16)18-19(23)26(21(28)24-20(18)27)14-15-5-3-2-4-6-15/h2-10H,11-14,23H2,1H3,(H,24,27,28). The number of aromatic nitrogens is 2. The van der Waals surface area contributed by atoms with Gasteiger partial charge in [0.05, 0.1) is 13.2 Å². The van der Waals surface area contributed by atoms with E-state index in [9.17, 15) is 14.0 Å². The summed E-state index contributed by atoms with van der Waals surface area (Å²) in [6, 6.07) is 15.3. The Bertz CT molecular complexity index is 1060. The highest BCUT2D eigenvalue weighted by atomic mass is 19.1. The topological polar surface area (TPSA) is 93.3 Å². The van der Waals surface area contributed by atoms with Gasteiger partial charge in [-0.1, -0.05) is 42.5 Å². The van der Waals surface area contributed by atoms with Gasteiger partial charge in [-0.15, -0.1) is 0 Å². The number of hydrogen-bond acceptors (Lipinski definition) is 5. The molecule has 152 valence electrons. The van der Waals surface area contributed by atoms with Crippen molar-refractivity contribution in [3.8, 4) is 0 Å². The van der Waals surface area contributed by atoms with Crippen molar-refractivity contribution < 1.29 is 9.13 Å². The predicted octanol–water partition coefficient (Wildman–Crippen LogP) is 1.96. The third-order valence-corrected chi connectivity index (χ3v) is 4.57. The lowest BCUT2D eigenvalue weighted by Gasteiger charge is -2.26. The van der Waals surface area contributed by atoms with E-state index in [2.05, 4.69) is 4.98 Å². The number of hydrogen-bond donors (Lipinski definition) is 2. The summed E-state index contributed by atoms with van der Waals surface area (Å²) in [5, 5.41) is 0. The van der Waals surface area contributed by atoms with E-state index < -0.39 is 11.2 Å². The molecule has 29 heavy (non-hydrogen) atoms. The van der Waals surface area contributed by atoms with Crippen LogP contribution in [0.3, 0.4) is 0 Å². The summed E-state index contributed by atoms with van der Waals surface area (Å²) < 4.78 is 19.7.